The van der Waals surface area contributed by atoms with E-state index in [2.05, 4.69) is 11.9 Å². The van der Waals surface area contributed by atoms with Crippen molar-refractivity contribution in [3.8, 4) is 0 Å². The van der Waals surface area contributed by atoms with Gasteiger partial charge in [-0.25, -0.2) is 4.99 Å². The summed E-state index contributed by atoms with van der Waals surface area (Å²) in [7, 11) is 2.00. The lowest BCUT2D eigenvalue weighted by molar-refractivity contribution is 0.0854. The zero-order valence-corrected chi connectivity index (χ0v) is 12.9. The van der Waals surface area contributed by atoms with E-state index in [4.69, 9.17) is 0 Å². The molecule has 0 radical (unpaired) electrons. The van der Waals surface area contributed by atoms with Crippen molar-refractivity contribution >= 4 is 17.8 Å². The molecule has 1 aliphatic carbocycles. The van der Waals surface area contributed by atoms with E-state index in [1.165, 1.54) is 6.42 Å². The summed E-state index contributed by atoms with van der Waals surface area (Å²) in [6, 6.07) is 4.04. The highest BCUT2D eigenvalue weighted by atomic mass is 16.1. The predicted octanol–water partition coefficient (Wildman–Crippen LogP) is 3.90. The van der Waals surface area contributed by atoms with Crippen molar-refractivity contribution < 1.29 is 4.79 Å². The predicted molar refractivity (Wildman–Crippen MR) is 84.0 cm³/mol. The maximum atomic E-state index is 12.4. The van der Waals surface area contributed by atoms with Crippen LogP contribution in [-0.4, -0.2) is 30.6 Å². The molecule has 1 fully saturated rings. The highest BCUT2D eigenvalue weighted by molar-refractivity contribution is 6.00. The Morgan fingerprint density at radius 3 is 2.60 bits per heavy atom. The lowest BCUT2D eigenvalue weighted by Gasteiger charge is -2.24. The number of aryl methyl sites for hydroxylation is 2. The van der Waals surface area contributed by atoms with E-state index in [9.17, 15) is 4.79 Å². The fourth-order valence-corrected chi connectivity index (χ4v) is 2.34. The summed E-state index contributed by atoms with van der Waals surface area (Å²) in [5.41, 5.74) is 3.95. The normalized spacial score (nSPS) is 15.4. The molecule has 2 rings (SSSR count). The number of aliphatic imine (C=N–C) groups is 1. The van der Waals surface area contributed by atoms with E-state index in [0.29, 0.717) is 5.78 Å². The number of hydrogen-bond donors (Lipinski definition) is 0. The molecule has 0 spiro atoms. The Morgan fingerprint density at radius 2 is 2.05 bits per heavy atom. The smallest absolute Gasteiger partial charge is 0.166 e. The fourth-order valence-electron chi connectivity index (χ4n) is 2.34. The zero-order valence-electron chi connectivity index (χ0n) is 12.9. The van der Waals surface area contributed by atoms with Crippen molar-refractivity contribution in [2.45, 2.75) is 40.0 Å². The SMILES string of the molecule is CCN(C)/C=N/c1cc(C)c(C(=O)C2CCC2)cc1C. The summed E-state index contributed by atoms with van der Waals surface area (Å²) in [5, 5.41) is 0. The van der Waals surface area contributed by atoms with Crippen LogP contribution >= 0.6 is 0 Å². The summed E-state index contributed by atoms with van der Waals surface area (Å²) < 4.78 is 0. The molecule has 0 atom stereocenters. The zero-order chi connectivity index (χ0) is 14.7. The molecule has 0 saturated heterocycles. The Kier molecular flexibility index (Phi) is 4.58. The molecule has 0 amide bonds. The first-order valence-electron chi connectivity index (χ1n) is 7.42. The van der Waals surface area contributed by atoms with Gasteiger partial charge in [-0.2, -0.15) is 0 Å². The van der Waals surface area contributed by atoms with Crippen LogP contribution in [0.25, 0.3) is 0 Å². The number of rotatable bonds is 5. The van der Waals surface area contributed by atoms with E-state index in [1.54, 1.807) is 0 Å². The quantitative estimate of drug-likeness (QED) is 0.462. The summed E-state index contributed by atoms with van der Waals surface area (Å²) in [4.78, 5) is 18.9. The Hall–Kier alpha value is -1.64. The molecular weight excluding hydrogens is 248 g/mol. The number of carbonyl (C=O) groups excluding carboxylic acids is 1. The van der Waals surface area contributed by atoms with Gasteiger partial charge in [-0.3, -0.25) is 4.79 Å². The first-order valence-corrected chi connectivity index (χ1v) is 7.42. The van der Waals surface area contributed by atoms with Crippen molar-refractivity contribution in [1.29, 1.82) is 0 Å². The molecular formula is C17H24N2O. The number of nitrogens with zero attached hydrogens (tertiary/aromatic N) is 2. The molecule has 0 aliphatic heterocycles. The Morgan fingerprint density at radius 1 is 1.35 bits per heavy atom. The van der Waals surface area contributed by atoms with Crippen LogP contribution in [0.4, 0.5) is 5.69 Å². The van der Waals surface area contributed by atoms with E-state index in [1.807, 2.05) is 44.3 Å². The van der Waals surface area contributed by atoms with Gasteiger partial charge in [-0.05, 0) is 56.9 Å². The third-order valence-corrected chi connectivity index (χ3v) is 4.18. The van der Waals surface area contributed by atoms with E-state index >= 15 is 0 Å². The molecule has 108 valence electrons. The van der Waals surface area contributed by atoms with Crippen LogP contribution < -0.4 is 0 Å². The standard InChI is InChI=1S/C17H24N2O/c1-5-19(4)11-18-16-10-12(2)15(9-13(16)3)17(20)14-7-6-8-14/h9-11,14H,5-8H2,1-4H3/b18-11+. The number of hydrogen-bond acceptors (Lipinski definition) is 2. The highest BCUT2D eigenvalue weighted by Gasteiger charge is 2.27. The number of Topliss-reactive ketones (excluding diaryl/α,β-unsaturated/α-hetero) is 1. The minimum Gasteiger partial charge on any atom is -0.366 e. The van der Waals surface area contributed by atoms with E-state index in [-0.39, 0.29) is 5.92 Å². The maximum Gasteiger partial charge on any atom is 0.166 e. The van der Waals surface area contributed by atoms with Crippen LogP contribution in [0.1, 0.15) is 47.7 Å². The molecule has 20 heavy (non-hydrogen) atoms. The molecule has 1 saturated carbocycles. The Balaban J connectivity index is 2.24. The van der Waals surface area contributed by atoms with Crippen molar-refractivity contribution in [2.24, 2.45) is 10.9 Å². The lowest BCUT2D eigenvalue weighted by Crippen LogP contribution is -2.22. The Bertz CT molecular complexity index is 530. The number of benzene rings is 1. The molecule has 0 heterocycles. The molecule has 0 aromatic heterocycles. The van der Waals surface area contributed by atoms with Crippen LogP contribution in [0.5, 0.6) is 0 Å². The first kappa shape index (κ1) is 14.8. The second-order valence-electron chi connectivity index (χ2n) is 5.76. The molecule has 1 aromatic carbocycles. The van der Waals surface area contributed by atoms with Crippen LogP contribution in [-0.2, 0) is 0 Å². The van der Waals surface area contributed by atoms with Gasteiger partial charge in [-0.1, -0.05) is 6.42 Å². The first-order chi connectivity index (χ1) is 9.52. The number of ketones is 1. The van der Waals surface area contributed by atoms with Gasteiger partial charge in [0.2, 0.25) is 0 Å². The summed E-state index contributed by atoms with van der Waals surface area (Å²) in [6.07, 6.45) is 5.15. The van der Waals surface area contributed by atoms with Gasteiger partial charge in [-0.15, -0.1) is 0 Å². The number of carbonyl (C=O) groups is 1. The lowest BCUT2D eigenvalue weighted by atomic mass is 9.79. The van der Waals surface area contributed by atoms with Gasteiger partial charge in [0.1, 0.15) is 0 Å². The average Bonchev–Trinajstić information content (AvgIpc) is 2.36. The van der Waals surface area contributed by atoms with Crippen molar-refractivity contribution in [3.63, 3.8) is 0 Å². The van der Waals surface area contributed by atoms with Crippen LogP contribution in [0.2, 0.25) is 0 Å². The van der Waals surface area contributed by atoms with E-state index in [0.717, 1.165) is 41.8 Å². The molecule has 3 nitrogen and oxygen atoms in total. The second-order valence-corrected chi connectivity index (χ2v) is 5.76. The molecule has 0 unspecified atom stereocenters. The van der Waals surface area contributed by atoms with Gasteiger partial charge in [0.25, 0.3) is 0 Å². The molecule has 1 aliphatic rings. The van der Waals surface area contributed by atoms with Gasteiger partial charge in [0, 0.05) is 25.1 Å². The summed E-state index contributed by atoms with van der Waals surface area (Å²) in [5.74, 6) is 0.576. The van der Waals surface area contributed by atoms with Crippen LogP contribution in [0.3, 0.4) is 0 Å². The largest absolute Gasteiger partial charge is 0.366 e. The summed E-state index contributed by atoms with van der Waals surface area (Å²) >= 11 is 0. The molecule has 1 aromatic rings. The maximum absolute atomic E-state index is 12.4. The van der Waals surface area contributed by atoms with Gasteiger partial charge in [0.15, 0.2) is 5.78 Å². The van der Waals surface area contributed by atoms with Crippen molar-refractivity contribution in [1.82, 2.24) is 4.90 Å². The van der Waals surface area contributed by atoms with E-state index < -0.39 is 0 Å². The topological polar surface area (TPSA) is 32.7 Å². The monoisotopic (exact) mass is 272 g/mol. The molecule has 3 heteroatoms. The minimum absolute atomic E-state index is 0.258. The average molecular weight is 272 g/mol. The second kappa shape index (κ2) is 6.21. The van der Waals surface area contributed by atoms with Crippen LogP contribution in [0, 0.1) is 19.8 Å². The van der Waals surface area contributed by atoms with Crippen molar-refractivity contribution in [3.05, 3.63) is 28.8 Å². The molecule has 0 bridgehead atoms. The third kappa shape index (κ3) is 3.09. The fraction of sp³-hybridized carbons (Fsp3) is 0.529. The third-order valence-electron chi connectivity index (χ3n) is 4.18. The Labute approximate surface area is 121 Å². The minimum atomic E-state index is 0.258. The molecule has 0 N–H and O–H groups in total. The van der Waals surface area contributed by atoms with Gasteiger partial charge < -0.3 is 4.90 Å². The van der Waals surface area contributed by atoms with Gasteiger partial charge in [0.05, 0.1) is 12.0 Å². The van der Waals surface area contributed by atoms with Gasteiger partial charge >= 0.3 is 0 Å². The summed E-state index contributed by atoms with van der Waals surface area (Å²) in [6.45, 7) is 7.05. The highest BCUT2D eigenvalue weighted by Crippen LogP contribution is 2.32. The van der Waals surface area contributed by atoms with Crippen molar-refractivity contribution in [2.75, 3.05) is 13.6 Å². The van der Waals surface area contributed by atoms with Crippen LogP contribution in [0.15, 0.2) is 17.1 Å².